The van der Waals surface area contributed by atoms with Gasteiger partial charge in [0, 0.05) is 11.5 Å². The molecule has 1 aromatic rings. The van der Waals surface area contributed by atoms with Gasteiger partial charge in [0.05, 0.1) is 25.9 Å². The average Bonchev–Trinajstić information content (AvgIpc) is 2.65. The van der Waals surface area contributed by atoms with Gasteiger partial charge >= 0.3 is 11.9 Å². The van der Waals surface area contributed by atoms with Gasteiger partial charge in [0.25, 0.3) is 5.91 Å². The highest BCUT2D eigenvalue weighted by Crippen LogP contribution is 2.20. The van der Waals surface area contributed by atoms with E-state index in [1.807, 2.05) is 6.07 Å². The zero-order valence-electron chi connectivity index (χ0n) is 14.5. The second kappa shape index (κ2) is 9.17. The van der Waals surface area contributed by atoms with E-state index in [4.69, 9.17) is 11.0 Å². The zero-order chi connectivity index (χ0) is 19.9. The first-order chi connectivity index (χ1) is 12.3. The van der Waals surface area contributed by atoms with Crippen molar-refractivity contribution in [2.45, 2.75) is 13.0 Å². The van der Waals surface area contributed by atoms with Crippen LogP contribution in [0.3, 0.4) is 0 Å². The van der Waals surface area contributed by atoms with E-state index in [1.54, 1.807) is 0 Å². The molecule has 0 aliphatic heterocycles. The van der Waals surface area contributed by atoms with Gasteiger partial charge in [0.15, 0.2) is 5.92 Å². The number of primary amides is 1. The highest BCUT2D eigenvalue weighted by molar-refractivity contribution is 5.99. The predicted molar refractivity (Wildman–Crippen MR) is 88.3 cm³/mol. The first kappa shape index (κ1) is 20.6. The number of ether oxygens (including phenoxy) is 2. The number of carbonyl (C=O) groups excluding carboxylic acids is 4. The first-order valence-electron chi connectivity index (χ1n) is 7.52. The van der Waals surface area contributed by atoms with Crippen molar-refractivity contribution in [2.75, 3.05) is 14.2 Å². The maximum absolute atomic E-state index is 12.3. The largest absolute Gasteiger partial charge is 0.468 e. The van der Waals surface area contributed by atoms with Crippen molar-refractivity contribution in [3.8, 4) is 6.07 Å². The fourth-order valence-corrected chi connectivity index (χ4v) is 2.35. The monoisotopic (exact) mass is 361 g/mol. The fourth-order valence-electron chi connectivity index (χ4n) is 2.35. The molecule has 138 valence electrons. The number of benzene rings is 1. The molecule has 9 nitrogen and oxygen atoms in total. The molecule has 2 amide bonds. The van der Waals surface area contributed by atoms with Crippen molar-refractivity contribution in [1.82, 2.24) is 5.32 Å². The Kier molecular flexibility index (Phi) is 7.28. The summed E-state index contributed by atoms with van der Waals surface area (Å²) in [5.41, 5.74) is 5.86. The van der Waals surface area contributed by atoms with Crippen molar-refractivity contribution >= 4 is 23.8 Å². The molecule has 0 aliphatic carbocycles. The van der Waals surface area contributed by atoms with Gasteiger partial charge < -0.3 is 20.5 Å². The molecular weight excluding hydrogens is 342 g/mol. The van der Waals surface area contributed by atoms with Crippen LogP contribution in [0.4, 0.5) is 0 Å². The maximum atomic E-state index is 12.3. The Morgan fingerprint density at radius 1 is 1.08 bits per heavy atom. The van der Waals surface area contributed by atoms with Crippen LogP contribution < -0.4 is 11.1 Å². The van der Waals surface area contributed by atoms with E-state index in [-0.39, 0.29) is 5.56 Å². The molecule has 1 rings (SSSR count). The van der Waals surface area contributed by atoms with E-state index < -0.39 is 41.6 Å². The molecule has 0 radical (unpaired) electrons. The number of rotatable bonds is 7. The maximum Gasteiger partial charge on any atom is 0.320 e. The smallest absolute Gasteiger partial charge is 0.320 e. The Bertz CT molecular complexity index is 722. The van der Waals surface area contributed by atoms with Crippen molar-refractivity contribution in [3.63, 3.8) is 0 Å². The molecule has 0 heterocycles. The molecule has 2 atom stereocenters. The lowest BCUT2D eigenvalue weighted by molar-refractivity contribution is -0.161. The minimum Gasteiger partial charge on any atom is -0.468 e. The van der Waals surface area contributed by atoms with Crippen LogP contribution in [-0.4, -0.2) is 44.0 Å². The number of amides is 2. The van der Waals surface area contributed by atoms with Gasteiger partial charge in [-0.05, 0) is 24.3 Å². The summed E-state index contributed by atoms with van der Waals surface area (Å²) in [6, 6.07) is 6.25. The van der Waals surface area contributed by atoms with Crippen LogP contribution in [0.1, 0.15) is 22.8 Å². The predicted octanol–water partition coefficient (Wildman–Crippen LogP) is -0.260. The number of esters is 2. The van der Waals surface area contributed by atoms with Crippen LogP contribution in [0.2, 0.25) is 0 Å². The van der Waals surface area contributed by atoms with Crippen LogP contribution in [0, 0.1) is 23.2 Å². The van der Waals surface area contributed by atoms with Crippen molar-refractivity contribution in [2.24, 2.45) is 17.6 Å². The minimum atomic E-state index is -1.44. The molecule has 0 aliphatic rings. The Morgan fingerprint density at radius 2 is 1.58 bits per heavy atom. The van der Waals surface area contributed by atoms with E-state index in [1.165, 1.54) is 31.2 Å². The molecule has 0 saturated heterocycles. The van der Waals surface area contributed by atoms with Crippen molar-refractivity contribution in [1.29, 1.82) is 5.26 Å². The summed E-state index contributed by atoms with van der Waals surface area (Å²) in [6.07, 6.45) is 0. The van der Waals surface area contributed by atoms with E-state index in [9.17, 15) is 19.2 Å². The van der Waals surface area contributed by atoms with Gasteiger partial charge in [-0.25, -0.2) is 0 Å². The van der Waals surface area contributed by atoms with Crippen LogP contribution in [0.15, 0.2) is 24.3 Å². The molecule has 0 fully saturated rings. The Hall–Kier alpha value is -3.41. The molecule has 26 heavy (non-hydrogen) atoms. The number of hydrogen-bond donors (Lipinski definition) is 2. The van der Waals surface area contributed by atoms with Gasteiger partial charge in [-0.15, -0.1) is 0 Å². The summed E-state index contributed by atoms with van der Waals surface area (Å²) in [6.45, 7) is 1.40. The molecule has 3 N–H and O–H groups in total. The number of carbonyl (C=O) groups is 4. The highest BCUT2D eigenvalue weighted by atomic mass is 16.5. The molecule has 0 spiro atoms. The van der Waals surface area contributed by atoms with E-state index in [2.05, 4.69) is 14.8 Å². The molecule has 0 unspecified atom stereocenters. The Morgan fingerprint density at radius 3 is 1.96 bits per heavy atom. The summed E-state index contributed by atoms with van der Waals surface area (Å²) in [5.74, 6) is -5.87. The second-order valence-corrected chi connectivity index (χ2v) is 5.43. The van der Waals surface area contributed by atoms with Gasteiger partial charge in [0.1, 0.15) is 6.04 Å². The Balaban J connectivity index is 3.07. The van der Waals surface area contributed by atoms with Gasteiger partial charge in [-0.2, -0.15) is 5.26 Å². The normalized spacial score (nSPS) is 12.4. The third-order valence-corrected chi connectivity index (χ3v) is 3.83. The summed E-state index contributed by atoms with van der Waals surface area (Å²) in [4.78, 5) is 47.9. The number of hydrogen-bond acceptors (Lipinski definition) is 7. The number of nitrogens with zero attached hydrogens (tertiary/aromatic N) is 1. The molecule has 0 saturated carbocycles. The second-order valence-electron chi connectivity index (χ2n) is 5.43. The quantitative estimate of drug-likeness (QED) is 0.502. The van der Waals surface area contributed by atoms with E-state index in [0.29, 0.717) is 5.56 Å². The lowest BCUT2D eigenvalue weighted by atomic mass is 9.86. The summed E-state index contributed by atoms with van der Waals surface area (Å²) >= 11 is 0. The van der Waals surface area contributed by atoms with Crippen LogP contribution >= 0.6 is 0 Å². The molecule has 0 aromatic heterocycles. The van der Waals surface area contributed by atoms with Crippen molar-refractivity contribution in [3.05, 3.63) is 35.4 Å². The first-order valence-corrected chi connectivity index (χ1v) is 7.52. The molecule has 9 heteroatoms. The van der Waals surface area contributed by atoms with Gasteiger partial charge in [-0.3, -0.25) is 19.2 Å². The lowest BCUT2D eigenvalue weighted by Gasteiger charge is -2.26. The summed E-state index contributed by atoms with van der Waals surface area (Å²) in [5, 5.41) is 11.2. The number of nitrogens with two attached hydrogens (primary N) is 1. The Labute approximate surface area is 150 Å². The van der Waals surface area contributed by atoms with Crippen LogP contribution in [0.25, 0.3) is 0 Å². The topological polar surface area (TPSA) is 149 Å². The van der Waals surface area contributed by atoms with Gasteiger partial charge in [0.2, 0.25) is 5.91 Å². The van der Waals surface area contributed by atoms with Crippen molar-refractivity contribution < 1.29 is 28.7 Å². The molecule has 1 aromatic carbocycles. The molecular formula is C17H19N3O6. The zero-order valence-corrected chi connectivity index (χ0v) is 14.5. The third kappa shape index (κ3) is 4.80. The minimum absolute atomic E-state index is 0.176. The third-order valence-electron chi connectivity index (χ3n) is 3.83. The summed E-state index contributed by atoms with van der Waals surface area (Å²) in [7, 11) is 2.17. The lowest BCUT2D eigenvalue weighted by Crippen LogP contribution is -2.52. The number of methoxy groups -OCH3 is 2. The summed E-state index contributed by atoms with van der Waals surface area (Å²) < 4.78 is 9.13. The number of nitrogens with one attached hydrogen (secondary N) is 1. The standard InChI is InChI=1S/C17H19N3O6/c1-9(12(16(23)25-2)17(24)26-3)13(14(19)21)20-15(22)11-6-4-10(8-18)5-7-11/h4-7,9,12-13H,1-3H3,(H2,19,21)(H,20,22)/t9-,13+/m1/s1. The fraction of sp³-hybridized carbons (Fsp3) is 0.353. The van der Waals surface area contributed by atoms with Crippen LogP contribution in [0.5, 0.6) is 0 Å². The molecule has 0 bridgehead atoms. The van der Waals surface area contributed by atoms with E-state index in [0.717, 1.165) is 14.2 Å². The highest BCUT2D eigenvalue weighted by Gasteiger charge is 2.41. The van der Waals surface area contributed by atoms with Crippen LogP contribution in [-0.2, 0) is 23.9 Å². The SMILES string of the molecule is COC(=O)C(C(=O)OC)[C@@H](C)[C@H](NC(=O)c1ccc(C#N)cc1)C(N)=O. The van der Waals surface area contributed by atoms with Gasteiger partial charge in [-0.1, -0.05) is 6.92 Å². The average molecular weight is 361 g/mol. The number of nitriles is 1. The van der Waals surface area contributed by atoms with E-state index >= 15 is 0 Å².